The molecule has 1 aliphatic rings. The van der Waals surface area contributed by atoms with E-state index in [1.165, 1.54) is 42.1 Å². The molecule has 16 heavy (non-hydrogen) atoms. The minimum absolute atomic E-state index is 0.823. The molecule has 0 N–H and O–H groups in total. The predicted molar refractivity (Wildman–Crippen MR) is 77.1 cm³/mol. The summed E-state index contributed by atoms with van der Waals surface area (Å²) in [5, 5.41) is 1.15. The number of alkyl halides is 1. The van der Waals surface area contributed by atoms with Gasteiger partial charge in [0.2, 0.25) is 0 Å². The number of rotatable bonds is 4. The quantitative estimate of drug-likeness (QED) is 0.658. The van der Waals surface area contributed by atoms with E-state index < -0.39 is 0 Å². The monoisotopic (exact) mass is 344 g/mol. The van der Waals surface area contributed by atoms with E-state index in [0.717, 1.165) is 17.2 Å². The van der Waals surface area contributed by atoms with Crippen molar-refractivity contribution in [3.63, 3.8) is 0 Å². The molecule has 0 heterocycles. The molecule has 2 heteroatoms. The van der Waals surface area contributed by atoms with Gasteiger partial charge in [0.25, 0.3) is 0 Å². The van der Waals surface area contributed by atoms with Crippen LogP contribution < -0.4 is 0 Å². The van der Waals surface area contributed by atoms with Gasteiger partial charge in [0, 0.05) is 9.80 Å². The van der Waals surface area contributed by atoms with Crippen molar-refractivity contribution in [1.29, 1.82) is 0 Å². The van der Waals surface area contributed by atoms with Crippen LogP contribution in [0.2, 0.25) is 0 Å². The van der Waals surface area contributed by atoms with Crippen LogP contribution in [0.4, 0.5) is 0 Å². The highest BCUT2D eigenvalue weighted by Gasteiger charge is 2.24. The first-order valence-corrected chi connectivity index (χ1v) is 8.01. The molecule has 1 fully saturated rings. The van der Waals surface area contributed by atoms with E-state index in [9.17, 15) is 0 Å². The highest BCUT2D eigenvalue weighted by atomic mass is 79.9. The van der Waals surface area contributed by atoms with Gasteiger partial charge in [-0.05, 0) is 36.0 Å². The molecule has 1 saturated carbocycles. The van der Waals surface area contributed by atoms with E-state index in [1.807, 2.05) is 0 Å². The SMILES string of the molecule is BrCC(Cc1ccc(Br)cc1)C1CCCC1. The summed E-state index contributed by atoms with van der Waals surface area (Å²) in [5.41, 5.74) is 1.47. The van der Waals surface area contributed by atoms with Crippen LogP contribution >= 0.6 is 31.9 Å². The Morgan fingerprint density at radius 2 is 1.75 bits per heavy atom. The fourth-order valence-electron chi connectivity index (χ4n) is 2.70. The van der Waals surface area contributed by atoms with Crippen LogP contribution in [0.1, 0.15) is 31.2 Å². The second-order valence-corrected chi connectivity index (χ2v) is 6.35. The van der Waals surface area contributed by atoms with Crippen molar-refractivity contribution < 1.29 is 0 Å². The molecule has 1 atom stereocenters. The van der Waals surface area contributed by atoms with Crippen molar-refractivity contribution in [2.45, 2.75) is 32.1 Å². The van der Waals surface area contributed by atoms with Crippen LogP contribution in [0.15, 0.2) is 28.7 Å². The van der Waals surface area contributed by atoms with Crippen LogP contribution in [0.3, 0.4) is 0 Å². The summed E-state index contributed by atoms with van der Waals surface area (Å²) in [6.45, 7) is 0. The maximum absolute atomic E-state index is 3.69. The molecule has 88 valence electrons. The second-order valence-electron chi connectivity index (χ2n) is 4.79. The largest absolute Gasteiger partial charge is 0.0925 e. The van der Waals surface area contributed by atoms with Crippen LogP contribution in [0.25, 0.3) is 0 Å². The summed E-state index contributed by atoms with van der Waals surface area (Å²) in [4.78, 5) is 0. The molecule has 1 aliphatic carbocycles. The predicted octanol–water partition coefficient (Wildman–Crippen LogP) is 5.19. The topological polar surface area (TPSA) is 0 Å². The number of hydrogen-bond donors (Lipinski definition) is 0. The van der Waals surface area contributed by atoms with Gasteiger partial charge in [-0.2, -0.15) is 0 Å². The maximum atomic E-state index is 3.69. The third-order valence-electron chi connectivity index (χ3n) is 3.68. The first-order chi connectivity index (χ1) is 7.79. The molecule has 0 aromatic heterocycles. The molecule has 1 unspecified atom stereocenters. The van der Waals surface area contributed by atoms with Crippen LogP contribution in [0.5, 0.6) is 0 Å². The molecule has 0 saturated heterocycles. The molecular weight excluding hydrogens is 328 g/mol. The summed E-state index contributed by atoms with van der Waals surface area (Å²) in [6, 6.07) is 8.79. The molecule has 2 rings (SSSR count). The first-order valence-electron chi connectivity index (χ1n) is 6.10. The zero-order valence-corrected chi connectivity index (χ0v) is 12.6. The Bertz CT molecular complexity index is 312. The molecule has 0 radical (unpaired) electrons. The molecule has 0 nitrogen and oxygen atoms in total. The molecule has 0 aliphatic heterocycles. The van der Waals surface area contributed by atoms with Gasteiger partial charge in [-0.3, -0.25) is 0 Å². The van der Waals surface area contributed by atoms with Gasteiger partial charge < -0.3 is 0 Å². The molecule has 0 amide bonds. The fraction of sp³-hybridized carbons (Fsp3) is 0.571. The Balaban J connectivity index is 1.97. The van der Waals surface area contributed by atoms with Crippen molar-refractivity contribution in [1.82, 2.24) is 0 Å². The van der Waals surface area contributed by atoms with Crippen molar-refractivity contribution in [2.24, 2.45) is 11.8 Å². The van der Waals surface area contributed by atoms with E-state index >= 15 is 0 Å². The van der Waals surface area contributed by atoms with Gasteiger partial charge >= 0.3 is 0 Å². The molecule has 1 aromatic carbocycles. The van der Waals surface area contributed by atoms with Gasteiger partial charge in [-0.25, -0.2) is 0 Å². The summed E-state index contributed by atoms with van der Waals surface area (Å²) in [5.74, 6) is 1.77. The summed E-state index contributed by atoms with van der Waals surface area (Å²) >= 11 is 7.17. The summed E-state index contributed by atoms with van der Waals surface area (Å²) < 4.78 is 1.17. The Morgan fingerprint density at radius 1 is 1.12 bits per heavy atom. The zero-order chi connectivity index (χ0) is 11.4. The average Bonchev–Trinajstić information content (AvgIpc) is 2.82. The third kappa shape index (κ3) is 3.33. The van der Waals surface area contributed by atoms with Crippen LogP contribution in [0, 0.1) is 11.8 Å². The number of hydrogen-bond acceptors (Lipinski definition) is 0. The van der Waals surface area contributed by atoms with Crippen LogP contribution in [-0.4, -0.2) is 5.33 Å². The third-order valence-corrected chi connectivity index (χ3v) is 5.04. The lowest BCUT2D eigenvalue weighted by Crippen LogP contribution is -2.16. The minimum Gasteiger partial charge on any atom is -0.0925 e. The second kappa shape index (κ2) is 6.20. The Kier molecular flexibility index (Phi) is 4.90. The minimum atomic E-state index is 0.823. The van der Waals surface area contributed by atoms with E-state index in [2.05, 4.69) is 56.1 Å². The first kappa shape index (κ1) is 12.6. The Labute approximate surface area is 115 Å². The Morgan fingerprint density at radius 3 is 2.31 bits per heavy atom. The normalized spacial score (nSPS) is 18.9. The van der Waals surface area contributed by atoms with Crippen molar-refractivity contribution in [3.05, 3.63) is 34.3 Å². The smallest absolute Gasteiger partial charge is 0.0175 e. The van der Waals surface area contributed by atoms with Crippen molar-refractivity contribution in [3.8, 4) is 0 Å². The summed E-state index contributed by atoms with van der Waals surface area (Å²) in [7, 11) is 0. The van der Waals surface area contributed by atoms with Gasteiger partial charge in [-0.15, -0.1) is 0 Å². The number of halogens is 2. The molecule has 1 aromatic rings. The highest BCUT2D eigenvalue weighted by molar-refractivity contribution is 9.10. The number of benzene rings is 1. The van der Waals surface area contributed by atoms with E-state index in [-0.39, 0.29) is 0 Å². The lowest BCUT2D eigenvalue weighted by Gasteiger charge is -2.21. The van der Waals surface area contributed by atoms with E-state index in [1.54, 1.807) is 0 Å². The highest BCUT2D eigenvalue weighted by Crippen LogP contribution is 2.34. The zero-order valence-electron chi connectivity index (χ0n) is 9.46. The van der Waals surface area contributed by atoms with E-state index in [4.69, 9.17) is 0 Å². The van der Waals surface area contributed by atoms with Crippen molar-refractivity contribution in [2.75, 3.05) is 5.33 Å². The maximum Gasteiger partial charge on any atom is 0.0175 e. The molecule has 0 bridgehead atoms. The standard InChI is InChI=1S/C14H18Br2/c15-10-13(12-3-1-2-4-12)9-11-5-7-14(16)8-6-11/h5-8,12-13H,1-4,9-10H2. The van der Waals surface area contributed by atoms with Gasteiger partial charge in [-0.1, -0.05) is 69.7 Å². The van der Waals surface area contributed by atoms with Gasteiger partial charge in [0.15, 0.2) is 0 Å². The van der Waals surface area contributed by atoms with E-state index in [0.29, 0.717) is 0 Å². The van der Waals surface area contributed by atoms with Gasteiger partial charge in [0.05, 0.1) is 0 Å². The Hall–Kier alpha value is 0.180. The van der Waals surface area contributed by atoms with Crippen molar-refractivity contribution >= 4 is 31.9 Å². The van der Waals surface area contributed by atoms with Gasteiger partial charge in [0.1, 0.15) is 0 Å². The van der Waals surface area contributed by atoms with Crippen LogP contribution in [-0.2, 0) is 6.42 Å². The lowest BCUT2D eigenvalue weighted by molar-refractivity contribution is 0.373. The molecule has 0 spiro atoms. The lowest BCUT2D eigenvalue weighted by atomic mass is 9.87. The molecular formula is C14H18Br2. The fourth-order valence-corrected chi connectivity index (χ4v) is 3.72. The summed E-state index contributed by atoms with van der Waals surface area (Å²) in [6.07, 6.45) is 6.98. The average molecular weight is 346 g/mol.